The molecule has 11 heteroatoms. The molecule has 0 radical (unpaired) electrons. The highest BCUT2D eigenvalue weighted by atomic mass is 19.1. The molecular formula is C30H35F2N9. The smallest absolute Gasteiger partial charge is 0.188 e. The van der Waals surface area contributed by atoms with Crippen LogP contribution in [0, 0.1) is 28.4 Å². The monoisotopic (exact) mass is 559 g/mol. The molecule has 0 atom stereocenters. The van der Waals surface area contributed by atoms with Crippen molar-refractivity contribution >= 4 is 23.1 Å². The van der Waals surface area contributed by atoms with Crippen LogP contribution >= 0.6 is 0 Å². The van der Waals surface area contributed by atoms with E-state index in [0.29, 0.717) is 68.3 Å². The average molecular weight is 560 g/mol. The maximum absolute atomic E-state index is 15.6. The Balaban J connectivity index is 1.45. The van der Waals surface area contributed by atoms with Crippen molar-refractivity contribution in [3.8, 4) is 22.8 Å². The van der Waals surface area contributed by atoms with E-state index >= 15 is 8.78 Å². The van der Waals surface area contributed by atoms with E-state index in [4.69, 9.17) is 22.3 Å². The van der Waals surface area contributed by atoms with Crippen LogP contribution in [0.5, 0.6) is 0 Å². The fourth-order valence-corrected chi connectivity index (χ4v) is 5.33. The summed E-state index contributed by atoms with van der Waals surface area (Å²) in [5.41, 5.74) is 15.3. The van der Waals surface area contributed by atoms with Crippen LogP contribution in [0.15, 0.2) is 48.6 Å². The van der Waals surface area contributed by atoms with Crippen LogP contribution in [-0.2, 0) is 6.54 Å². The van der Waals surface area contributed by atoms with Gasteiger partial charge in [-0.05, 0) is 65.3 Å². The fourth-order valence-electron chi connectivity index (χ4n) is 5.33. The van der Waals surface area contributed by atoms with Crippen molar-refractivity contribution < 1.29 is 8.78 Å². The molecule has 0 saturated carbocycles. The topological polar surface area (TPSA) is 137 Å². The second-order valence-corrected chi connectivity index (χ2v) is 10.9. The van der Waals surface area contributed by atoms with E-state index in [2.05, 4.69) is 10.2 Å². The van der Waals surface area contributed by atoms with Gasteiger partial charge in [-0.25, -0.2) is 8.78 Å². The average Bonchev–Trinajstić information content (AvgIpc) is 3.35. The van der Waals surface area contributed by atoms with Crippen molar-refractivity contribution in [3.63, 3.8) is 0 Å². The van der Waals surface area contributed by atoms with E-state index in [9.17, 15) is 0 Å². The number of hydrogen-bond donors (Lipinski definition) is 4. The molecule has 6 N–H and O–H groups in total. The predicted molar refractivity (Wildman–Crippen MR) is 158 cm³/mol. The summed E-state index contributed by atoms with van der Waals surface area (Å²) in [4.78, 5) is 3.51. The molecule has 9 nitrogen and oxygen atoms in total. The second-order valence-electron chi connectivity index (χ2n) is 10.9. The quantitative estimate of drug-likeness (QED) is 0.259. The van der Waals surface area contributed by atoms with Crippen LogP contribution in [-0.4, -0.2) is 62.7 Å². The summed E-state index contributed by atoms with van der Waals surface area (Å²) in [5.74, 6) is 0.0748. The fraction of sp³-hybridized carbons (Fsp3) is 0.333. The molecule has 2 aliphatic heterocycles. The highest BCUT2D eigenvalue weighted by Gasteiger charge is 2.23. The predicted octanol–water partition coefficient (Wildman–Crippen LogP) is 4.51. The van der Waals surface area contributed by atoms with Gasteiger partial charge in [0.1, 0.15) is 11.6 Å². The number of nitrogens with two attached hydrogens (primary N) is 2. The summed E-state index contributed by atoms with van der Waals surface area (Å²) in [5, 5.41) is 23.9. The number of benzene rings is 2. The Hall–Kier alpha value is -4.54. The maximum Gasteiger partial charge on any atom is 0.188 e. The zero-order chi connectivity index (χ0) is 29.3. The first-order valence-electron chi connectivity index (χ1n) is 13.7. The summed E-state index contributed by atoms with van der Waals surface area (Å²) in [7, 11) is 0. The van der Waals surface area contributed by atoms with Gasteiger partial charge < -0.3 is 25.8 Å². The van der Waals surface area contributed by atoms with Gasteiger partial charge in [0.25, 0.3) is 0 Å². The molecule has 0 unspecified atom stereocenters. The number of aromatic nitrogens is 3. The lowest BCUT2D eigenvalue weighted by atomic mass is 9.97. The molecule has 214 valence electrons. The Morgan fingerprint density at radius 3 is 1.56 bits per heavy atom. The van der Waals surface area contributed by atoms with E-state index in [-0.39, 0.29) is 17.8 Å². The van der Waals surface area contributed by atoms with Gasteiger partial charge in [-0.2, -0.15) is 0 Å². The van der Waals surface area contributed by atoms with Crippen molar-refractivity contribution in [3.05, 3.63) is 71.3 Å². The minimum Gasteiger partial charge on any atom is -0.370 e. The lowest BCUT2D eigenvalue weighted by Crippen LogP contribution is -2.39. The van der Waals surface area contributed by atoms with Gasteiger partial charge in [0, 0.05) is 32.7 Å². The Morgan fingerprint density at radius 1 is 0.805 bits per heavy atom. The van der Waals surface area contributed by atoms with Gasteiger partial charge >= 0.3 is 0 Å². The molecule has 41 heavy (non-hydrogen) atoms. The van der Waals surface area contributed by atoms with Crippen molar-refractivity contribution in [2.75, 3.05) is 26.2 Å². The van der Waals surface area contributed by atoms with E-state index in [1.807, 2.05) is 38.1 Å². The third-order valence-electron chi connectivity index (χ3n) is 7.56. The van der Waals surface area contributed by atoms with Crippen LogP contribution in [0.3, 0.4) is 0 Å². The van der Waals surface area contributed by atoms with Crippen LogP contribution in [0.2, 0.25) is 0 Å². The van der Waals surface area contributed by atoms with Gasteiger partial charge in [0.05, 0.1) is 11.1 Å². The highest BCUT2D eigenvalue weighted by molar-refractivity contribution is 5.78. The SMILES string of the molecule is CC(C)Cn1c(-c2ccc(C3=CCN(C(=N)N)CC3)cc2F)nnc1-c1ccc(C2=CCN(C(=N)N)CC2)cc1F. The lowest BCUT2D eigenvalue weighted by Gasteiger charge is -2.26. The summed E-state index contributed by atoms with van der Waals surface area (Å²) in [6.07, 6.45) is 5.25. The molecule has 0 fully saturated rings. The zero-order valence-electron chi connectivity index (χ0n) is 23.3. The second kappa shape index (κ2) is 11.5. The van der Waals surface area contributed by atoms with Crippen LogP contribution in [0.25, 0.3) is 33.9 Å². The number of nitrogens with one attached hydrogen (secondary N) is 2. The Morgan fingerprint density at radius 2 is 1.24 bits per heavy atom. The molecule has 0 saturated heterocycles. The first-order valence-corrected chi connectivity index (χ1v) is 13.7. The minimum atomic E-state index is -0.430. The minimum absolute atomic E-state index is 0.0280. The van der Waals surface area contributed by atoms with Crippen molar-refractivity contribution in [2.45, 2.75) is 33.2 Å². The number of guanidine groups is 2. The molecule has 2 aromatic carbocycles. The molecule has 0 spiro atoms. The number of rotatable bonds is 6. The molecule has 0 aliphatic carbocycles. The Bertz CT molecular complexity index is 1440. The summed E-state index contributed by atoms with van der Waals surface area (Å²) < 4.78 is 32.9. The number of nitrogens with zero attached hydrogens (tertiary/aromatic N) is 5. The molecule has 3 heterocycles. The zero-order valence-corrected chi connectivity index (χ0v) is 23.3. The first-order chi connectivity index (χ1) is 19.6. The van der Waals surface area contributed by atoms with Gasteiger partial charge in [0.2, 0.25) is 0 Å². The Kier molecular flexibility index (Phi) is 7.87. The van der Waals surface area contributed by atoms with Gasteiger partial charge in [0.15, 0.2) is 23.6 Å². The lowest BCUT2D eigenvalue weighted by molar-refractivity contribution is 0.451. The largest absolute Gasteiger partial charge is 0.370 e. The van der Waals surface area contributed by atoms with E-state index in [1.54, 1.807) is 26.5 Å². The van der Waals surface area contributed by atoms with E-state index in [1.165, 1.54) is 12.1 Å². The maximum atomic E-state index is 15.6. The van der Waals surface area contributed by atoms with E-state index < -0.39 is 11.6 Å². The summed E-state index contributed by atoms with van der Waals surface area (Å²) >= 11 is 0. The normalized spacial score (nSPS) is 15.6. The van der Waals surface area contributed by atoms with Crippen molar-refractivity contribution in [1.82, 2.24) is 24.6 Å². The number of hydrogen-bond acceptors (Lipinski definition) is 4. The molecule has 2 aliphatic rings. The van der Waals surface area contributed by atoms with Gasteiger partial charge in [-0.3, -0.25) is 10.8 Å². The van der Waals surface area contributed by atoms with Crippen LogP contribution < -0.4 is 11.5 Å². The molecule has 3 aromatic rings. The van der Waals surface area contributed by atoms with Crippen molar-refractivity contribution in [1.29, 1.82) is 10.8 Å². The molecule has 0 amide bonds. The van der Waals surface area contributed by atoms with Gasteiger partial charge in [-0.1, -0.05) is 38.1 Å². The molecule has 0 bridgehead atoms. The third kappa shape index (κ3) is 5.84. The standard InChI is InChI=1S/C30H35F2N9/c1-18(2)17-41-27(23-5-3-21(15-25(23)31)19-7-11-39(12-8-19)29(33)34)37-38-28(41)24-6-4-22(16-26(24)32)20-9-13-40(14-10-20)30(35)36/h3-7,9,15-16,18H,8,10-14,17H2,1-2H3,(H3,33,34)(H3,35,36). The van der Waals surface area contributed by atoms with Crippen LogP contribution in [0.4, 0.5) is 8.78 Å². The first kappa shape index (κ1) is 28.0. The highest BCUT2D eigenvalue weighted by Crippen LogP contribution is 2.33. The number of halogens is 2. The van der Waals surface area contributed by atoms with Gasteiger partial charge in [-0.15, -0.1) is 10.2 Å². The summed E-state index contributed by atoms with van der Waals surface area (Å²) in [6.45, 7) is 6.79. The van der Waals surface area contributed by atoms with Crippen molar-refractivity contribution in [2.24, 2.45) is 17.4 Å². The summed E-state index contributed by atoms with van der Waals surface area (Å²) in [6, 6.07) is 10.1. The molecular weight excluding hydrogens is 524 g/mol. The molecule has 5 rings (SSSR count). The molecule has 1 aromatic heterocycles. The van der Waals surface area contributed by atoms with Crippen LogP contribution in [0.1, 0.15) is 37.8 Å². The third-order valence-corrected chi connectivity index (χ3v) is 7.56. The van der Waals surface area contributed by atoms with E-state index in [0.717, 1.165) is 22.3 Å². The Labute approximate surface area is 238 Å².